The number of nitrogens with zero attached hydrogens (tertiary/aromatic N) is 1. The van der Waals surface area contributed by atoms with Gasteiger partial charge in [-0.2, -0.15) is 5.10 Å². The van der Waals surface area contributed by atoms with Gasteiger partial charge < -0.3 is 10.1 Å². The van der Waals surface area contributed by atoms with Crippen molar-refractivity contribution in [2.24, 2.45) is 0 Å². The van der Waals surface area contributed by atoms with Gasteiger partial charge in [-0.05, 0) is 54.8 Å². The number of H-pyrrole nitrogens is 1. The minimum absolute atomic E-state index is 0.118. The van der Waals surface area contributed by atoms with Crippen molar-refractivity contribution in [1.29, 1.82) is 0 Å². The van der Waals surface area contributed by atoms with Crippen LogP contribution in [0.5, 0.6) is 5.75 Å². The largest absolute Gasteiger partial charge is 0.493 e. The summed E-state index contributed by atoms with van der Waals surface area (Å²) in [6.07, 6.45) is 3.70. The normalized spacial score (nSPS) is 13.5. The fraction of sp³-hybridized carbons (Fsp3) is 0.176. The van der Waals surface area contributed by atoms with Crippen LogP contribution in [-0.2, 0) is 6.42 Å². The lowest BCUT2D eigenvalue weighted by Crippen LogP contribution is -2.14. The maximum Gasteiger partial charge on any atom is 0.255 e. The van der Waals surface area contributed by atoms with Gasteiger partial charge in [-0.25, -0.2) is 0 Å². The number of ether oxygens (including phenoxy) is 1. The van der Waals surface area contributed by atoms with Crippen LogP contribution in [0.2, 0.25) is 0 Å². The molecule has 1 aliphatic heterocycles. The number of aromatic nitrogens is 2. The third-order valence-electron chi connectivity index (χ3n) is 3.87. The van der Waals surface area contributed by atoms with Crippen LogP contribution >= 0.6 is 0 Å². The second-order valence-corrected chi connectivity index (χ2v) is 5.40. The number of aryl methyl sites for hydroxylation is 1. The van der Waals surface area contributed by atoms with Crippen molar-refractivity contribution in [3.8, 4) is 5.75 Å². The van der Waals surface area contributed by atoms with E-state index in [-0.39, 0.29) is 5.91 Å². The predicted octanol–water partition coefficient (Wildman–Crippen LogP) is 3.14. The molecule has 2 N–H and O–H groups in total. The predicted molar refractivity (Wildman–Crippen MR) is 84.3 cm³/mol. The Morgan fingerprint density at radius 2 is 2.18 bits per heavy atom. The number of amides is 1. The van der Waals surface area contributed by atoms with Crippen molar-refractivity contribution in [2.75, 3.05) is 11.9 Å². The first-order valence-electron chi connectivity index (χ1n) is 7.30. The molecule has 0 radical (unpaired) electrons. The minimum atomic E-state index is -0.118. The summed E-state index contributed by atoms with van der Waals surface area (Å²) in [7, 11) is 0. The molecule has 0 atom stereocenters. The molecule has 2 aromatic carbocycles. The molecule has 5 nitrogen and oxygen atoms in total. The molecule has 1 amide bonds. The van der Waals surface area contributed by atoms with E-state index in [0.29, 0.717) is 5.56 Å². The average Bonchev–Trinajstić information content (AvgIpc) is 3.02. The van der Waals surface area contributed by atoms with Gasteiger partial charge in [0.25, 0.3) is 5.91 Å². The van der Waals surface area contributed by atoms with Gasteiger partial charge in [-0.3, -0.25) is 9.89 Å². The standard InChI is InChI=1S/C17H15N3O2/c21-17(12-4-6-16-11(8-12)2-1-7-22-16)19-14-5-3-13-10-18-20-15(13)9-14/h3-6,8-10H,1-2,7H2,(H,18,20)(H,19,21). The highest BCUT2D eigenvalue weighted by atomic mass is 16.5. The summed E-state index contributed by atoms with van der Waals surface area (Å²) < 4.78 is 5.57. The monoisotopic (exact) mass is 293 g/mol. The van der Waals surface area contributed by atoms with E-state index < -0.39 is 0 Å². The molecule has 0 saturated heterocycles. The maximum absolute atomic E-state index is 12.4. The van der Waals surface area contributed by atoms with Crippen LogP contribution < -0.4 is 10.1 Å². The first-order chi connectivity index (χ1) is 10.8. The number of hydrogen-bond acceptors (Lipinski definition) is 3. The fourth-order valence-electron chi connectivity index (χ4n) is 2.72. The van der Waals surface area contributed by atoms with Crippen molar-refractivity contribution in [2.45, 2.75) is 12.8 Å². The maximum atomic E-state index is 12.4. The number of aromatic amines is 1. The van der Waals surface area contributed by atoms with Crippen molar-refractivity contribution < 1.29 is 9.53 Å². The van der Waals surface area contributed by atoms with Crippen molar-refractivity contribution in [3.05, 3.63) is 53.7 Å². The molecule has 0 unspecified atom stereocenters. The Bertz CT molecular complexity index is 854. The highest BCUT2D eigenvalue weighted by Gasteiger charge is 2.14. The quantitative estimate of drug-likeness (QED) is 0.762. The Morgan fingerprint density at radius 3 is 3.14 bits per heavy atom. The number of carbonyl (C=O) groups excluding carboxylic acids is 1. The van der Waals surface area contributed by atoms with Crippen molar-refractivity contribution in [3.63, 3.8) is 0 Å². The van der Waals surface area contributed by atoms with E-state index in [2.05, 4.69) is 15.5 Å². The summed E-state index contributed by atoms with van der Waals surface area (Å²) in [6, 6.07) is 11.3. The summed E-state index contributed by atoms with van der Waals surface area (Å²) in [6.45, 7) is 0.753. The van der Waals surface area contributed by atoms with Crippen LogP contribution in [0.25, 0.3) is 10.9 Å². The van der Waals surface area contributed by atoms with Crippen LogP contribution in [-0.4, -0.2) is 22.7 Å². The van der Waals surface area contributed by atoms with Gasteiger partial charge in [0.2, 0.25) is 0 Å². The highest BCUT2D eigenvalue weighted by Crippen LogP contribution is 2.26. The molecule has 5 heteroatoms. The molecule has 0 saturated carbocycles. The Balaban J connectivity index is 1.58. The van der Waals surface area contributed by atoms with E-state index in [0.717, 1.165) is 47.4 Å². The van der Waals surface area contributed by atoms with Crippen LogP contribution in [0.3, 0.4) is 0 Å². The second-order valence-electron chi connectivity index (χ2n) is 5.40. The van der Waals surface area contributed by atoms with Crippen molar-refractivity contribution >= 4 is 22.5 Å². The van der Waals surface area contributed by atoms with Gasteiger partial charge in [0.05, 0.1) is 18.3 Å². The zero-order valence-electron chi connectivity index (χ0n) is 11.9. The molecule has 0 bridgehead atoms. The molecule has 0 spiro atoms. The molecular weight excluding hydrogens is 278 g/mol. The number of anilines is 1. The number of fused-ring (bicyclic) bond motifs is 2. The number of hydrogen-bond donors (Lipinski definition) is 2. The Kier molecular flexibility index (Phi) is 3.04. The summed E-state index contributed by atoms with van der Waals surface area (Å²) >= 11 is 0. The van der Waals surface area contributed by atoms with E-state index in [1.54, 1.807) is 12.3 Å². The third-order valence-corrected chi connectivity index (χ3v) is 3.87. The van der Waals surface area contributed by atoms with E-state index in [4.69, 9.17) is 4.74 Å². The summed E-state index contributed by atoms with van der Waals surface area (Å²) in [5.74, 6) is 0.772. The first kappa shape index (κ1) is 12.9. The lowest BCUT2D eigenvalue weighted by molar-refractivity contribution is 0.102. The van der Waals surface area contributed by atoms with Crippen LogP contribution in [0.15, 0.2) is 42.6 Å². The molecule has 4 rings (SSSR count). The summed E-state index contributed by atoms with van der Waals surface area (Å²) in [5.41, 5.74) is 3.39. The molecule has 2 heterocycles. The van der Waals surface area contributed by atoms with Crippen LogP contribution in [0.1, 0.15) is 22.3 Å². The Hall–Kier alpha value is -2.82. The van der Waals surface area contributed by atoms with Crippen LogP contribution in [0, 0.1) is 0 Å². The van der Waals surface area contributed by atoms with E-state index in [1.807, 2.05) is 30.3 Å². The zero-order chi connectivity index (χ0) is 14.9. The molecule has 0 aliphatic carbocycles. The van der Waals surface area contributed by atoms with Gasteiger partial charge in [0.1, 0.15) is 5.75 Å². The minimum Gasteiger partial charge on any atom is -0.493 e. The number of nitrogens with one attached hydrogen (secondary N) is 2. The topological polar surface area (TPSA) is 67.0 Å². The first-order valence-corrected chi connectivity index (χ1v) is 7.30. The molecule has 3 aromatic rings. The molecule has 1 aliphatic rings. The van der Waals surface area contributed by atoms with Gasteiger partial charge in [-0.15, -0.1) is 0 Å². The lowest BCUT2D eigenvalue weighted by atomic mass is 10.0. The van der Waals surface area contributed by atoms with E-state index in [9.17, 15) is 4.79 Å². The Morgan fingerprint density at radius 1 is 1.23 bits per heavy atom. The smallest absolute Gasteiger partial charge is 0.255 e. The van der Waals surface area contributed by atoms with Gasteiger partial charge in [-0.1, -0.05) is 0 Å². The summed E-state index contributed by atoms with van der Waals surface area (Å²) in [5, 5.41) is 10.8. The third kappa shape index (κ3) is 2.30. The summed E-state index contributed by atoms with van der Waals surface area (Å²) in [4.78, 5) is 12.4. The van der Waals surface area contributed by atoms with E-state index in [1.165, 1.54) is 0 Å². The van der Waals surface area contributed by atoms with Crippen LogP contribution in [0.4, 0.5) is 5.69 Å². The molecule has 1 aromatic heterocycles. The SMILES string of the molecule is O=C(Nc1ccc2cn[nH]c2c1)c1ccc2c(c1)CCCO2. The van der Waals surface area contributed by atoms with Crippen molar-refractivity contribution in [1.82, 2.24) is 10.2 Å². The molecule has 0 fully saturated rings. The number of benzene rings is 2. The molecule has 22 heavy (non-hydrogen) atoms. The number of carbonyl (C=O) groups is 1. The highest BCUT2D eigenvalue weighted by molar-refractivity contribution is 6.05. The molecular formula is C17H15N3O2. The van der Waals surface area contributed by atoms with Gasteiger partial charge >= 0.3 is 0 Å². The Labute approximate surface area is 127 Å². The fourth-order valence-corrected chi connectivity index (χ4v) is 2.72. The zero-order valence-corrected chi connectivity index (χ0v) is 11.9. The second kappa shape index (κ2) is 5.18. The lowest BCUT2D eigenvalue weighted by Gasteiger charge is -2.17. The van der Waals surface area contributed by atoms with Gasteiger partial charge in [0.15, 0.2) is 0 Å². The van der Waals surface area contributed by atoms with E-state index >= 15 is 0 Å². The number of rotatable bonds is 2. The molecule has 110 valence electrons. The van der Waals surface area contributed by atoms with Gasteiger partial charge in [0, 0.05) is 16.6 Å². The average molecular weight is 293 g/mol.